The zero-order valence-electron chi connectivity index (χ0n) is 19.4. The molecule has 2 amide bonds. The third-order valence-corrected chi connectivity index (χ3v) is 6.55. The number of hydrogen-bond acceptors (Lipinski definition) is 6. The number of anilines is 1. The minimum absolute atomic E-state index is 0.111. The second-order valence-electron chi connectivity index (χ2n) is 8.79. The van der Waals surface area contributed by atoms with Crippen LogP contribution in [0.1, 0.15) is 42.5 Å². The van der Waals surface area contributed by atoms with Crippen LogP contribution in [-0.2, 0) is 32.8 Å². The average molecular weight is 453 g/mol. The Balaban J connectivity index is 1.35. The van der Waals surface area contributed by atoms with Crippen LogP contribution in [0.5, 0.6) is 0 Å². The van der Waals surface area contributed by atoms with Crippen molar-refractivity contribution in [1.29, 1.82) is 0 Å². The highest BCUT2D eigenvalue weighted by molar-refractivity contribution is 5.81. The summed E-state index contributed by atoms with van der Waals surface area (Å²) < 4.78 is 5.46. The Bertz CT molecular complexity index is 978. The normalized spacial score (nSPS) is 15.3. The molecule has 33 heavy (non-hydrogen) atoms. The summed E-state index contributed by atoms with van der Waals surface area (Å²) in [5.74, 6) is 0.687. The minimum atomic E-state index is -0.521. The molecule has 1 N–H and O–H groups in total. The number of likely N-dealkylation sites (N-methyl/N-ethyl adjacent to an activating group) is 1. The van der Waals surface area contributed by atoms with Gasteiger partial charge in [0.2, 0.25) is 0 Å². The molecule has 1 spiro atoms. The number of carbonyl (C=O) groups excluding carboxylic acids is 2. The van der Waals surface area contributed by atoms with Crippen molar-refractivity contribution < 1.29 is 19.2 Å². The van der Waals surface area contributed by atoms with Gasteiger partial charge in [-0.15, -0.1) is 0 Å². The quantitative estimate of drug-likeness (QED) is 0.586. The number of nitrogens with one attached hydrogen (secondary N) is 1. The van der Waals surface area contributed by atoms with Crippen molar-refractivity contribution in [2.75, 3.05) is 39.1 Å². The molecule has 0 saturated heterocycles. The van der Waals surface area contributed by atoms with Gasteiger partial charge in [0.15, 0.2) is 0 Å². The van der Waals surface area contributed by atoms with Crippen LogP contribution in [-0.4, -0.2) is 60.7 Å². The van der Waals surface area contributed by atoms with Crippen LogP contribution in [0.3, 0.4) is 0 Å². The maximum Gasteiger partial charge on any atom is 0.410 e. The lowest BCUT2D eigenvalue weighted by atomic mass is 9.90. The summed E-state index contributed by atoms with van der Waals surface area (Å²) >= 11 is 0. The molecule has 1 saturated carbocycles. The first-order valence-corrected chi connectivity index (χ1v) is 11.5. The number of fused-ring (bicyclic) bond motifs is 2. The topological polar surface area (TPSA) is 84.0 Å². The number of ether oxygens (including phenoxy) is 1. The Morgan fingerprint density at radius 2 is 1.91 bits per heavy atom. The number of hydroxylamine groups is 2. The molecule has 1 aliphatic heterocycles. The molecule has 1 aromatic carbocycles. The molecule has 0 radical (unpaired) electrons. The van der Waals surface area contributed by atoms with Gasteiger partial charge in [-0.1, -0.05) is 36.4 Å². The first-order valence-electron chi connectivity index (χ1n) is 11.5. The Kier molecular flexibility index (Phi) is 7.13. The number of pyridine rings is 1. The first-order chi connectivity index (χ1) is 16.0. The Morgan fingerprint density at radius 3 is 2.64 bits per heavy atom. The Morgan fingerprint density at radius 1 is 1.12 bits per heavy atom. The van der Waals surface area contributed by atoms with Crippen LogP contribution < -0.4 is 5.32 Å². The standard InChI is InChI=1S/C25H32N4O4/c1-28(32-2)22(30)17-29(24(31)33-18-19-7-4-3-5-8-19)16-6-9-20-10-11-21-23(27-20)26-15-14-25(21)12-13-25/h3-5,7-8,10-11H,6,9,12-18H2,1-2H3,(H,26,27). The molecule has 2 heterocycles. The van der Waals surface area contributed by atoms with E-state index in [1.54, 1.807) is 0 Å². The van der Waals surface area contributed by atoms with Gasteiger partial charge in [-0.3, -0.25) is 14.5 Å². The smallest absolute Gasteiger partial charge is 0.410 e. The van der Waals surface area contributed by atoms with Crippen LogP contribution in [0, 0.1) is 0 Å². The zero-order chi connectivity index (χ0) is 23.3. The second-order valence-corrected chi connectivity index (χ2v) is 8.79. The number of carbonyl (C=O) groups is 2. The fourth-order valence-electron chi connectivity index (χ4n) is 4.29. The van der Waals surface area contributed by atoms with Crippen LogP contribution in [0.15, 0.2) is 42.5 Å². The van der Waals surface area contributed by atoms with Gasteiger partial charge in [0.05, 0.1) is 7.11 Å². The highest BCUT2D eigenvalue weighted by Gasteiger charge is 2.47. The number of aromatic nitrogens is 1. The third kappa shape index (κ3) is 5.63. The molecular formula is C25H32N4O4. The fourth-order valence-corrected chi connectivity index (χ4v) is 4.29. The summed E-state index contributed by atoms with van der Waals surface area (Å²) in [5, 5.41) is 4.55. The van der Waals surface area contributed by atoms with E-state index in [1.807, 2.05) is 30.3 Å². The number of amides is 2. The molecule has 2 aromatic rings. The van der Waals surface area contributed by atoms with E-state index < -0.39 is 6.09 Å². The van der Waals surface area contributed by atoms with E-state index in [0.717, 1.165) is 28.7 Å². The van der Waals surface area contributed by atoms with Crippen molar-refractivity contribution in [2.24, 2.45) is 0 Å². The third-order valence-electron chi connectivity index (χ3n) is 6.55. The lowest BCUT2D eigenvalue weighted by Gasteiger charge is -2.26. The van der Waals surface area contributed by atoms with Crippen molar-refractivity contribution in [3.8, 4) is 0 Å². The average Bonchev–Trinajstić information content (AvgIpc) is 3.61. The summed E-state index contributed by atoms with van der Waals surface area (Å²) in [5.41, 5.74) is 3.58. The Labute approximate surface area is 194 Å². The van der Waals surface area contributed by atoms with E-state index in [9.17, 15) is 9.59 Å². The van der Waals surface area contributed by atoms with Gasteiger partial charge in [0.1, 0.15) is 19.0 Å². The molecule has 1 aliphatic carbocycles. The predicted molar refractivity (Wildman–Crippen MR) is 125 cm³/mol. The van der Waals surface area contributed by atoms with Crippen LogP contribution in [0.4, 0.5) is 10.6 Å². The minimum Gasteiger partial charge on any atom is -0.445 e. The van der Waals surface area contributed by atoms with Gasteiger partial charge >= 0.3 is 6.09 Å². The van der Waals surface area contributed by atoms with Crippen molar-refractivity contribution in [1.82, 2.24) is 14.9 Å². The molecule has 0 unspecified atom stereocenters. The van der Waals surface area contributed by atoms with Gasteiger partial charge in [0, 0.05) is 36.8 Å². The molecule has 0 bridgehead atoms. The van der Waals surface area contributed by atoms with E-state index in [4.69, 9.17) is 14.6 Å². The monoisotopic (exact) mass is 452 g/mol. The van der Waals surface area contributed by atoms with Crippen LogP contribution in [0.2, 0.25) is 0 Å². The summed E-state index contributed by atoms with van der Waals surface area (Å²) in [6.07, 6.45) is 4.55. The van der Waals surface area contributed by atoms with Gasteiger partial charge in [-0.25, -0.2) is 14.8 Å². The number of aryl methyl sites for hydroxylation is 1. The summed E-state index contributed by atoms with van der Waals surface area (Å²) in [4.78, 5) is 36.3. The number of rotatable bonds is 9. The largest absolute Gasteiger partial charge is 0.445 e. The zero-order valence-corrected chi connectivity index (χ0v) is 19.4. The number of benzene rings is 1. The van der Waals surface area contributed by atoms with Gasteiger partial charge in [-0.05, 0) is 43.7 Å². The van der Waals surface area contributed by atoms with Crippen molar-refractivity contribution in [3.05, 3.63) is 59.3 Å². The molecule has 8 heteroatoms. The lowest BCUT2D eigenvalue weighted by Crippen LogP contribution is -2.42. The van der Waals surface area contributed by atoms with Crippen LogP contribution >= 0.6 is 0 Å². The summed E-state index contributed by atoms with van der Waals surface area (Å²) in [7, 11) is 2.93. The SMILES string of the molecule is CON(C)C(=O)CN(CCCc1ccc2c(n1)NCCC21CC1)C(=O)OCc1ccccc1. The van der Waals surface area contributed by atoms with Crippen molar-refractivity contribution >= 4 is 17.8 Å². The lowest BCUT2D eigenvalue weighted by molar-refractivity contribution is -0.169. The van der Waals surface area contributed by atoms with Crippen LogP contribution in [0.25, 0.3) is 0 Å². The fraction of sp³-hybridized carbons (Fsp3) is 0.480. The van der Waals surface area contributed by atoms with E-state index in [1.165, 1.54) is 43.9 Å². The molecular weight excluding hydrogens is 420 g/mol. The van der Waals surface area contributed by atoms with E-state index >= 15 is 0 Å². The summed E-state index contributed by atoms with van der Waals surface area (Å²) in [6, 6.07) is 13.8. The van der Waals surface area contributed by atoms with E-state index in [0.29, 0.717) is 24.8 Å². The predicted octanol–water partition coefficient (Wildman–Crippen LogP) is 3.52. The molecule has 176 valence electrons. The highest BCUT2D eigenvalue weighted by atomic mass is 16.7. The van der Waals surface area contributed by atoms with Crippen molar-refractivity contribution in [2.45, 2.75) is 44.1 Å². The molecule has 0 atom stereocenters. The maximum absolute atomic E-state index is 12.7. The van der Waals surface area contributed by atoms with Gasteiger partial charge in [0.25, 0.3) is 5.91 Å². The molecule has 1 fully saturated rings. The Hall–Kier alpha value is -3.13. The van der Waals surface area contributed by atoms with E-state index in [-0.39, 0.29) is 19.1 Å². The van der Waals surface area contributed by atoms with E-state index in [2.05, 4.69) is 17.4 Å². The highest BCUT2D eigenvalue weighted by Crippen LogP contribution is 2.54. The molecule has 2 aliphatic rings. The number of nitrogens with zero attached hydrogens (tertiary/aromatic N) is 3. The van der Waals surface area contributed by atoms with Gasteiger partial charge < -0.3 is 10.1 Å². The summed E-state index contributed by atoms with van der Waals surface area (Å²) in [6.45, 7) is 1.40. The molecule has 8 nitrogen and oxygen atoms in total. The van der Waals surface area contributed by atoms with Crippen molar-refractivity contribution in [3.63, 3.8) is 0 Å². The maximum atomic E-state index is 12.7. The molecule has 4 rings (SSSR count). The van der Waals surface area contributed by atoms with Gasteiger partial charge in [-0.2, -0.15) is 0 Å². The second kappa shape index (κ2) is 10.2. The first kappa shape index (κ1) is 23.0. The number of hydrogen-bond donors (Lipinski definition) is 1. The molecule has 1 aromatic heterocycles.